The van der Waals surface area contributed by atoms with Crippen LogP contribution in [0.3, 0.4) is 0 Å². The van der Waals surface area contributed by atoms with Gasteiger partial charge in [0.2, 0.25) is 5.91 Å². The molecule has 0 saturated heterocycles. The maximum Gasteiger partial charge on any atom is 0.237 e. The van der Waals surface area contributed by atoms with Gasteiger partial charge in [0.1, 0.15) is 0 Å². The minimum Gasteiger partial charge on any atom is -0.383 e. The zero-order valence-corrected chi connectivity index (χ0v) is 13.6. The first-order valence-electron chi connectivity index (χ1n) is 8.36. The van der Waals surface area contributed by atoms with Crippen molar-refractivity contribution in [3.63, 3.8) is 0 Å². The van der Waals surface area contributed by atoms with Crippen LogP contribution in [0.2, 0.25) is 0 Å². The van der Waals surface area contributed by atoms with Gasteiger partial charge in [0.25, 0.3) is 0 Å². The molecule has 5 heteroatoms. The lowest BCUT2D eigenvalue weighted by Gasteiger charge is -2.28. The first-order chi connectivity index (χ1) is 10.0. The molecule has 2 saturated carbocycles. The Labute approximate surface area is 128 Å². The maximum atomic E-state index is 11.7. The summed E-state index contributed by atoms with van der Waals surface area (Å²) in [6.45, 7) is 4.89. The Balaban J connectivity index is 1.67. The number of nitrogens with one attached hydrogen (secondary N) is 1. The van der Waals surface area contributed by atoms with Gasteiger partial charge in [-0.1, -0.05) is 0 Å². The highest BCUT2D eigenvalue weighted by Gasteiger charge is 2.36. The van der Waals surface area contributed by atoms with Crippen LogP contribution < -0.4 is 11.1 Å². The van der Waals surface area contributed by atoms with E-state index < -0.39 is 5.54 Å². The van der Waals surface area contributed by atoms with Crippen molar-refractivity contribution in [2.24, 2.45) is 5.73 Å². The average Bonchev–Trinajstić information content (AvgIpc) is 3.31. The molecule has 5 nitrogen and oxygen atoms in total. The highest BCUT2D eigenvalue weighted by atomic mass is 16.5. The molecule has 0 aromatic rings. The molecule has 1 amide bonds. The molecule has 0 aromatic carbocycles. The van der Waals surface area contributed by atoms with Crippen molar-refractivity contribution >= 4 is 5.91 Å². The van der Waals surface area contributed by atoms with E-state index in [4.69, 9.17) is 10.5 Å². The Bertz CT molecular complexity index is 342. The van der Waals surface area contributed by atoms with Crippen LogP contribution in [0.15, 0.2) is 0 Å². The van der Waals surface area contributed by atoms with Gasteiger partial charge in [-0.05, 0) is 58.4 Å². The van der Waals surface area contributed by atoms with Crippen molar-refractivity contribution in [2.75, 3.05) is 26.8 Å². The lowest BCUT2D eigenvalue weighted by Crippen LogP contribution is -2.54. The normalized spacial score (nSPS) is 21.5. The third-order valence-corrected chi connectivity index (χ3v) is 4.66. The highest BCUT2D eigenvalue weighted by Crippen LogP contribution is 2.28. The van der Waals surface area contributed by atoms with Crippen LogP contribution >= 0.6 is 0 Å². The van der Waals surface area contributed by atoms with E-state index in [9.17, 15) is 4.79 Å². The van der Waals surface area contributed by atoms with E-state index in [-0.39, 0.29) is 5.91 Å². The quantitative estimate of drug-likeness (QED) is 0.532. The molecule has 0 radical (unpaired) electrons. The lowest BCUT2D eigenvalue weighted by atomic mass is 9.93. The molecule has 0 bridgehead atoms. The summed E-state index contributed by atoms with van der Waals surface area (Å²) >= 11 is 0. The van der Waals surface area contributed by atoms with Crippen LogP contribution in [-0.2, 0) is 9.53 Å². The summed E-state index contributed by atoms with van der Waals surface area (Å²) in [6, 6.07) is 1.28. The van der Waals surface area contributed by atoms with Crippen molar-refractivity contribution in [3.05, 3.63) is 0 Å². The summed E-state index contributed by atoms with van der Waals surface area (Å²) in [5.41, 5.74) is 5.05. The van der Waals surface area contributed by atoms with E-state index in [0.29, 0.717) is 6.04 Å². The van der Waals surface area contributed by atoms with E-state index in [0.717, 1.165) is 45.0 Å². The van der Waals surface area contributed by atoms with Gasteiger partial charge in [-0.25, -0.2) is 0 Å². The number of hydrogen-bond donors (Lipinski definition) is 2. The predicted molar refractivity (Wildman–Crippen MR) is 84.1 cm³/mol. The third kappa shape index (κ3) is 5.57. The van der Waals surface area contributed by atoms with Gasteiger partial charge >= 0.3 is 0 Å². The topological polar surface area (TPSA) is 67.6 Å². The van der Waals surface area contributed by atoms with Crippen LogP contribution in [0.5, 0.6) is 0 Å². The monoisotopic (exact) mass is 297 g/mol. The second-order valence-electron chi connectivity index (χ2n) is 6.83. The largest absolute Gasteiger partial charge is 0.383 e. The summed E-state index contributed by atoms with van der Waals surface area (Å²) in [4.78, 5) is 14.2. The van der Waals surface area contributed by atoms with Gasteiger partial charge in [0.15, 0.2) is 0 Å². The van der Waals surface area contributed by atoms with E-state index in [2.05, 4.69) is 10.2 Å². The third-order valence-electron chi connectivity index (χ3n) is 4.66. The Morgan fingerprint density at radius 1 is 1.29 bits per heavy atom. The fourth-order valence-corrected chi connectivity index (χ4v) is 2.86. The van der Waals surface area contributed by atoms with Gasteiger partial charge in [-0.2, -0.15) is 0 Å². The Kier molecular flexibility index (Phi) is 6.02. The average molecular weight is 297 g/mol. The number of nitrogens with zero attached hydrogens (tertiary/aromatic N) is 1. The van der Waals surface area contributed by atoms with Crippen molar-refractivity contribution < 1.29 is 9.53 Å². The number of amides is 1. The number of nitrogens with two attached hydrogens (primary N) is 1. The van der Waals surface area contributed by atoms with E-state index in [1.807, 2.05) is 6.92 Å². The molecule has 3 N–H and O–H groups in total. The van der Waals surface area contributed by atoms with Crippen molar-refractivity contribution in [2.45, 2.75) is 69.5 Å². The van der Waals surface area contributed by atoms with Gasteiger partial charge in [0, 0.05) is 25.7 Å². The highest BCUT2D eigenvalue weighted by molar-refractivity contribution is 5.84. The van der Waals surface area contributed by atoms with Crippen LogP contribution in [0.1, 0.15) is 51.9 Å². The smallest absolute Gasteiger partial charge is 0.237 e. The molecule has 1 atom stereocenters. The van der Waals surface area contributed by atoms with Crippen molar-refractivity contribution in [3.8, 4) is 0 Å². The molecule has 0 aromatic heterocycles. The molecule has 0 heterocycles. The Hall–Kier alpha value is -0.650. The van der Waals surface area contributed by atoms with Crippen LogP contribution in [0.4, 0.5) is 0 Å². The van der Waals surface area contributed by atoms with Gasteiger partial charge < -0.3 is 15.8 Å². The second-order valence-corrected chi connectivity index (χ2v) is 6.83. The Morgan fingerprint density at radius 2 is 2.00 bits per heavy atom. The lowest BCUT2D eigenvalue weighted by molar-refractivity contribution is -0.124. The van der Waals surface area contributed by atoms with Crippen molar-refractivity contribution in [1.29, 1.82) is 0 Å². The first-order valence-corrected chi connectivity index (χ1v) is 8.36. The molecule has 122 valence electrons. The molecule has 2 fully saturated rings. The fourth-order valence-electron chi connectivity index (χ4n) is 2.86. The number of ether oxygens (including phenoxy) is 1. The van der Waals surface area contributed by atoms with Crippen LogP contribution in [-0.4, -0.2) is 55.2 Å². The number of carbonyl (C=O) groups excluding carboxylic acids is 1. The molecule has 21 heavy (non-hydrogen) atoms. The molecule has 0 aliphatic heterocycles. The summed E-state index contributed by atoms with van der Waals surface area (Å²) in [5.74, 6) is -0.215. The number of carbonyl (C=O) groups is 1. The standard InChI is InChI=1S/C16H31N3O2/c1-16(15(17)20,18-13-5-6-13)9-3-4-10-19(11-12-21-2)14-7-8-14/h13-14,18H,3-12H2,1-2H3,(H2,17,20). The summed E-state index contributed by atoms with van der Waals surface area (Å²) in [6.07, 6.45) is 8.00. The van der Waals surface area contributed by atoms with E-state index in [1.54, 1.807) is 7.11 Å². The number of hydrogen-bond acceptors (Lipinski definition) is 4. The van der Waals surface area contributed by atoms with Crippen LogP contribution in [0.25, 0.3) is 0 Å². The summed E-state index contributed by atoms with van der Waals surface area (Å²) in [5, 5.41) is 3.42. The minimum absolute atomic E-state index is 0.215. The van der Waals surface area contributed by atoms with Gasteiger partial charge in [0.05, 0.1) is 12.1 Å². The SMILES string of the molecule is COCCN(CCCCC(C)(NC1CC1)C(N)=O)C1CC1. The predicted octanol–water partition coefficient (Wildman–Crippen LogP) is 1.26. The summed E-state index contributed by atoms with van der Waals surface area (Å²) < 4.78 is 5.18. The molecule has 1 unspecified atom stereocenters. The molecule has 2 rings (SSSR count). The Morgan fingerprint density at radius 3 is 2.52 bits per heavy atom. The van der Waals surface area contributed by atoms with Crippen LogP contribution in [0, 0.1) is 0 Å². The number of methoxy groups -OCH3 is 1. The number of rotatable bonds is 12. The van der Waals surface area contributed by atoms with Crippen molar-refractivity contribution in [1.82, 2.24) is 10.2 Å². The first kappa shape index (κ1) is 16.7. The number of primary amides is 1. The summed E-state index contributed by atoms with van der Waals surface area (Å²) in [7, 11) is 1.76. The molecule has 0 spiro atoms. The number of unbranched alkanes of at least 4 members (excludes halogenated alkanes) is 1. The second kappa shape index (κ2) is 7.56. The zero-order valence-electron chi connectivity index (χ0n) is 13.6. The van der Waals surface area contributed by atoms with E-state index in [1.165, 1.54) is 25.7 Å². The van der Waals surface area contributed by atoms with Gasteiger partial charge in [-0.15, -0.1) is 0 Å². The molecular formula is C16H31N3O2. The zero-order chi connectivity index (χ0) is 15.3. The minimum atomic E-state index is -0.530. The molecular weight excluding hydrogens is 266 g/mol. The maximum absolute atomic E-state index is 11.7. The van der Waals surface area contributed by atoms with E-state index >= 15 is 0 Å². The van der Waals surface area contributed by atoms with Gasteiger partial charge in [-0.3, -0.25) is 9.69 Å². The molecule has 2 aliphatic carbocycles. The molecule has 2 aliphatic rings. The fraction of sp³-hybridized carbons (Fsp3) is 0.938.